The van der Waals surface area contributed by atoms with E-state index in [4.69, 9.17) is 0 Å². The van der Waals surface area contributed by atoms with Gasteiger partial charge < -0.3 is 0 Å². The number of hydrogen-bond donors (Lipinski definition) is 1. The molecule has 1 fully saturated rings. The molecule has 1 atom stereocenters. The van der Waals surface area contributed by atoms with Crippen molar-refractivity contribution >= 4 is 5.65 Å². The van der Waals surface area contributed by atoms with Gasteiger partial charge in [-0.2, -0.15) is 13.2 Å². The lowest BCUT2D eigenvalue weighted by Gasteiger charge is -2.35. The second-order valence-electron chi connectivity index (χ2n) is 5.59. The van der Waals surface area contributed by atoms with Crippen LogP contribution in [0.5, 0.6) is 0 Å². The van der Waals surface area contributed by atoms with Gasteiger partial charge in [-0.05, 0) is 19.4 Å². The van der Waals surface area contributed by atoms with Crippen molar-refractivity contribution in [2.75, 3.05) is 13.1 Å². The van der Waals surface area contributed by atoms with Crippen LogP contribution in [0.15, 0.2) is 23.1 Å². The Kier molecular flexibility index (Phi) is 3.94. The maximum Gasteiger partial charge on any atom is 0.390 e. The van der Waals surface area contributed by atoms with Crippen LogP contribution in [0.1, 0.15) is 37.4 Å². The van der Waals surface area contributed by atoms with Crippen LogP contribution in [-0.2, 0) is 0 Å². The predicted molar refractivity (Wildman–Crippen MR) is 74.6 cm³/mol. The Bertz CT molecular complexity index is 706. The zero-order valence-electron chi connectivity index (χ0n) is 11.9. The first-order chi connectivity index (χ1) is 10.4. The molecule has 1 aliphatic rings. The number of hydrogen-bond acceptors (Lipinski definition) is 3. The maximum absolute atomic E-state index is 12.5. The lowest BCUT2D eigenvalue weighted by molar-refractivity contribution is -0.140. The van der Waals surface area contributed by atoms with Crippen LogP contribution < -0.4 is 5.56 Å². The van der Waals surface area contributed by atoms with Crippen molar-refractivity contribution < 1.29 is 13.2 Å². The lowest BCUT2D eigenvalue weighted by Crippen LogP contribution is -2.37. The van der Waals surface area contributed by atoms with Gasteiger partial charge in [0.15, 0.2) is 5.65 Å². The van der Waals surface area contributed by atoms with E-state index in [0.717, 1.165) is 19.3 Å². The molecule has 8 heteroatoms. The fourth-order valence-electron chi connectivity index (χ4n) is 2.98. The van der Waals surface area contributed by atoms with Crippen molar-refractivity contribution in [3.63, 3.8) is 0 Å². The van der Waals surface area contributed by atoms with Crippen molar-refractivity contribution in [3.8, 4) is 0 Å². The minimum Gasteiger partial charge on any atom is -0.297 e. The van der Waals surface area contributed by atoms with Crippen molar-refractivity contribution in [2.24, 2.45) is 0 Å². The van der Waals surface area contributed by atoms with Crippen LogP contribution in [-0.4, -0.2) is 38.8 Å². The monoisotopic (exact) mass is 314 g/mol. The van der Waals surface area contributed by atoms with Gasteiger partial charge in [-0.25, -0.2) is 9.50 Å². The number of fused-ring (bicyclic) bond motifs is 1. The number of H-pyrrole nitrogens is 1. The molecule has 0 amide bonds. The number of halogens is 3. The molecule has 1 N–H and O–H groups in total. The van der Waals surface area contributed by atoms with Gasteiger partial charge in [-0.3, -0.25) is 14.8 Å². The number of aromatic nitrogens is 3. The molecule has 1 aliphatic heterocycles. The molecule has 0 bridgehead atoms. The van der Waals surface area contributed by atoms with Crippen LogP contribution in [0, 0.1) is 0 Å². The molecule has 3 heterocycles. The molecule has 3 rings (SSSR count). The first-order valence-corrected chi connectivity index (χ1v) is 7.32. The van der Waals surface area contributed by atoms with Crippen LogP contribution in [0.25, 0.3) is 5.65 Å². The largest absolute Gasteiger partial charge is 0.390 e. The SMILES string of the molecule is O=c1cc(C2CCCCN2CCC(F)(F)F)nc2cc[nH]n12. The Morgan fingerprint density at radius 3 is 2.95 bits per heavy atom. The first kappa shape index (κ1) is 15.1. The average Bonchev–Trinajstić information content (AvgIpc) is 2.93. The number of nitrogens with zero attached hydrogens (tertiary/aromatic N) is 3. The molecule has 120 valence electrons. The van der Waals surface area contributed by atoms with Crippen LogP contribution >= 0.6 is 0 Å². The highest BCUT2D eigenvalue weighted by molar-refractivity contribution is 5.37. The third-order valence-corrected chi connectivity index (χ3v) is 4.04. The smallest absolute Gasteiger partial charge is 0.297 e. The predicted octanol–water partition coefficient (Wildman–Crippen LogP) is 2.50. The highest BCUT2D eigenvalue weighted by Crippen LogP contribution is 2.31. The van der Waals surface area contributed by atoms with Crippen LogP contribution in [0.2, 0.25) is 0 Å². The van der Waals surface area contributed by atoms with Gasteiger partial charge >= 0.3 is 6.18 Å². The zero-order valence-corrected chi connectivity index (χ0v) is 11.9. The molecule has 5 nitrogen and oxygen atoms in total. The molecule has 0 radical (unpaired) electrons. The summed E-state index contributed by atoms with van der Waals surface area (Å²) in [4.78, 5) is 18.2. The molecule has 2 aromatic heterocycles. The molecule has 0 aliphatic carbocycles. The highest BCUT2D eigenvalue weighted by Gasteiger charge is 2.32. The maximum atomic E-state index is 12.5. The van der Waals surface area contributed by atoms with Crippen LogP contribution in [0.4, 0.5) is 13.2 Å². The molecule has 1 unspecified atom stereocenters. The van der Waals surface area contributed by atoms with Crippen molar-refractivity contribution in [2.45, 2.75) is 37.9 Å². The summed E-state index contributed by atoms with van der Waals surface area (Å²) in [6.45, 7) is 0.553. The normalized spacial score (nSPS) is 20.6. The summed E-state index contributed by atoms with van der Waals surface area (Å²) in [6, 6.07) is 2.87. The number of nitrogens with one attached hydrogen (secondary N) is 1. The van der Waals surface area contributed by atoms with Crippen molar-refractivity contribution in [1.29, 1.82) is 0 Å². The minimum atomic E-state index is -4.17. The highest BCUT2D eigenvalue weighted by atomic mass is 19.4. The third kappa shape index (κ3) is 3.16. The van der Waals surface area contributed by atoms with Crippen molar-refractivity contribution in [1.82, 2.24) is 19.5 Å². The molecule has 0 aromatic carbocycles. The second-order valence-corrected chi connectivity index (χ2v) is 5.59. The standard InChI is InChI=1S/C14H17F3N4O/c15-14(16,17)5-8-20-7-2-1-3-11(20)10-9-13(22)21-12(19-10)4-6-18-21/h4,6,9,11,18H,1-3,5,7-8H2. The van der Waals surface area contributed by atoms with Gasteiger partial charge in [0.05, 0.1) is 18.2 Å². The molecular formula is C14H17F3N4O. The summed E-state index contributed by atoms with van der Waals surface area (Å²) in [7, 11) is 0. The number of piperidine rings is 1. The fourth-order valence-corrected chi connectivity index (χ4v) is 2.98. The molecule has 22 heavy (non-hydrogen) atoms. The fraction of sp³-hybridized carbons (Fsp3) is 0.571. The van der Waals surface area contributed by atoms with Crippen LogP contribution in [0.3, 0.4) is 0 Å². The summed E-state index contributed by atoms with van der Waals surface area (Å²) >= 11 is 0. The molecule has 1 saturated heterocycles. The lowest BCUT2D eigenvalue weighted by atomic mass is 9.99. The van der Waals surface area contributed by atoms with E-state index in [1.165, 1.54) is 10.6 Å². The van der Waals surface area contributed by atoms with E-state index in [-0.39, 0.29) is 18.1 Å². The summed E-state index contributed by atoms with van der Waals surface area (Å²) in [5, 5.41) is 2.75. The summed E-state index contributed by atoms with van der Waals surface area (Å²) in [5.41, 5.74) is 0.807. The Labute approximate surface area is 124 Å². The number of likely N-dealkylation sites (tertiary alicyclic amines) is 1. The average molecular weight is 314 g/mol. The zero-order chi connectivity index (χ0) is 15.7. The first-order valence-electron chi connectivity index (χ1n) is 7.32. The van der Waals surface area contributed by atoms with Gasteiger partial charge in [0.25, 0.3) is 5.56 Å². The van der Waals surface area contributed by atoms with Gasteiger partial charge in [0, 0.05) is 24.9 Å². The second kappa shape index (κ2) is 5.75. The molecule has 0 spiro atoms. The quantitative estimate of drug-likeness (QED) is 0.947. The van der Waals surface area contributed by atoms with E-state index in [2.05, 4.69) is 10.1 Å². The van der Waals surface area contributed by atoms with E-state index < -0.39 is 12.6 Å². The number of rotatable bonds is 3. The van der Waals surface area contributed by atoms with Crippen molar-refractivity contribution in [3.05, 3.63) is 34.4 Å². The van der Waals surface area contributed by atoms with E-state index in [1.54, 1.807) is 17.2 Å². The Balaban J connectivity index is 1.86. The third-order valence-electron chi connectivity index (χ3n) is 4.04. The van der Waals surface area contributed by atoms with Gasteiger partial charge in [0.1, 0.15) is 0 Å². The van der Waals surface area contributed by atoms with Gasteiger partial charge in [-0.1, -0.05) is 6.42 Å². The van der Waals surface area contributed by atoms with E-state index in [1.807, 2.05) is 0 Å². The van der Waals surface area contributed by atoms with Gasteiger partial charge in [-0.15, -0.1) is 0 Å². The molecule has 0 saturated carbocycles. The van der Waals surface area contributed by atoms with E-state index in [0.29, 0.717) is 17.9 Å². The Hall–Kier alpha value is -1.83. The Morgan fingerprint density at radius 2 is 2.18 bits per heavy atom. The van der Waals surface area contributed by atoms with Gasteiger partial charge in [0.2, 0.25) is 0 Å². The number of alkyl halides is 3. The van der Waals surface area contributed by atoms with E-state index in [9.17, 15) is 18.0 Å². The van der Waals surface area contributed by atoms with E-state index >= 15 is 0 Å². The number of aromatic amines is 1. The topological polar surface area (TPSA) is 53.4 Å². The molecule has 2 aromatic rings. The molecular weight excluding hydrogens is 297 g/mol. The summed E-state index contributed by atoms with van der Waals surface area (Å²) in [5.74, 6) is 0. The summed E-state index contributed by atoms with van der Waals surface area (Å²) in [6.07, 6.45) is -0.865. The summed E-state index contributed by atoms with van der Waals surface area (Å²) < 4.78 is 38.7. The minimum absolute atomic E-state index is 0.0532. The Morgan fingerprint density at radius 1 is 1.36 bits per heavy atom.